The maximum Gasteiger partial charge on any atom is 0.256 e. The average molecular weight is 330 g/mol. The van der Waals surface area contributed by atoms with Crippen LogP contribution in [0.3, 0.4) is 0 Å². The summed E-state index contributed by atoms with van der Waals surface area (Å²) in [6, 6.07) is 8.34. The van der Waals surface area contributed by atoms with Crippen molar-refractivity contribution < 1.29 is 14.6 Å². The monoisotopic (exact) mass is 330 g/mol. The Morgan fingerprint density at radius 2 is 1.75 bits per heavy atom. The molecule has 0 aromatic heterocycles. The van der Waals surface area contributed by atoms with Gasteiger partial charge in [-0.25, -0.2) is 0 Å². The molecule has 2 bridgehead atoms. The lowest BCUT2D eigenvalue weighted by molar-refractivity contribution is -0.0150. The molecule has 3 aliphatic heterocycles. The highest BCUT2D eigenvalue weighted by Gasteiger charge is 2.41. The number of benzene rings is 1. The maximum atomic E-state index is 13.4. The minimum Gasteiger partial charge on any atom is -0.393 e. The van der Waals surface area contributed by atoms with E-state index in [1.807, 2.05) is 24.3 Å². The van der Waals surface area contributed by atoms with Crippen molar-refractivity contribution in [2.45, 2.75) is 50.3 Å². The Morgan fingerprint density at radius 1 is 1.08 bits per heavy atom. The van der Waals surface area contributed by atoms with Gasteiger partial charge in [-0.3, -0.25) is 4.79 Å². The topological polar surface area (TPSA) is 53.0 Å². The van der Waals surface area contributed by atoms with Crippen molar-refractivity contribution >= 4 is 11.6 Å². The van der Waals surface area contributed by atoms with E-state index in [0.29, 0.717) is 13.2 Å². The smallest absolute Gasteiger partial charge is 0.256 e. The third-order valence-electron chi connectivity index (χ3n) is 5.67. The molecule has 0 radical (unpaired) electrons. The zero-order valence-corrected chi connectivity index (χ0v) is 14.1. The van der Waals surface area contributed by atoms with Crippen LogP contribution in [0.25, 0.3) is 0 Å². The summed E-state index contributed by atoms with van der Waals surface area (Å²) in [5, 5.41) is 10.1. The number of amides is 1. The highest BCUT2D eigenvalue weighted by atomic mass is 16.5. The largest absolute Gasteiger partial charge is 0.393 e. The van der Waals surface area contributed by atoms with Crippen molar-refractivity contribution in [2.24, 2.45) is 0 Å². The molecule has 1 aromatic rings. The van der Waals surface area contributed by atoms with E-state index in [1.54, 1.807) is 0 Å². The lowest BCUT2D eigenvalue weighted by atomic mass is 9.82. The number of aliphatic hydroxyl groups is 1. The predicted octanol–water partition coefficient (Wildman–Crippen LogP) is 2.04. The third kappa shape index (κ3) is 2.91. The summed E-state index contributed by atoms with van der Waals surface area (Å²) in [5.41, 5.74) is 1.82. The van der Waals surface area contributed by atoms with E-state index in [0.717, 1.165) is 56.4 Å². The lowest BCUT2D eigenvalue weighted by Gasteiger charge is -2.48. The number of piperidine rings is 2. The molecule has 3 heterocycles. The fourth-order valence-electron chi connectivity index (χ4n) is 4.56. The van der Waals surface area contributed by atoms with Crippen LogP contribution in [-0.4, -0.2) is 60.4 Å². The van der Waals surface area contributed by atoms with Gasteiger partial charge in [0.05, 0.1) is 24.9 Å². The molecule has 130 valence electrons. The Morgan fingerprint density at radius 3 is 2.46 bits per heavy atom. The van der Waals surface area contributed by atoms with Crippen LogP contribution in [0.15, 0.2) is 24.3 Å². The van der Waals surface area contributed by atoms with Gasteiger partial charge in [-0.2, -0.15) is 0 Å². The summed E-state index contributed by atoms with van der Waals surface area (Å²) in [5.74, 6) is 0.138. The van der Waals surface area contributed by atoms with E-state index in [1.165, 1.54) is 0 Å². The quantitative estimate of drug-likeness (QED) is 0.902. The number of morpholine rings is 1. The first-order chi connectivity index (χ1) is 11.7. The number of para-hydroxylation sites is 1. The maximum absolute atomic E-state index is 13.4. The minimum absolute atomic E-state index is 0.138. The number of aliphatic hydroxyl groups excluding tert-OH is 1. The molecular weight excluding hydrogens is 304 g/mol. The van der Waals surface area contributed by atoms with E-state index < -0.39 is 0 Å². The molecule has 0 aliphatic carbocycles. The molecule has 1 unspecified atom stereocenters. The van der Waals surface area contributed by atoms with Gasteiger partial charge in [-0.1, -0.05) is 12.1 Å². The van der Waals surface area contributed by atoms with Gasteiger partial charge in [-0.05, 0) is 44.2 Å². The normalized spacial score (nSPS) is 30.3. The Bertz CT molecular complexity index is 586. The number of carbonyl (C=O) groups is 1. The van der Waals surface area contributed by atoms with E-state index >= 15 is 0 Å². The van der Waals surface area contributed by atoms with Gasteiger partial charge < -0.3 is 19.6 Å². The number of carbonyl (C=O) groups excluding carboxylic acids is 1. The number of nitrogens with zero attached hydrogens (tertiary/aromatic N) is 2. The minimum atomic E-state index is -0.251. The van der Waals surface area contributed by atoms with Gasteiger partial charge in [-0.15, -0.1) is 0 Å². The van der Waals surface area contributed by atoms with E-state index in [2.05, 4.69) is 9.80 Å². The molecule has 1 N–H and O–H groups in total. The van der Waals surface area contributed by atoms with Crippen molar-refractivity contribution in [3.05, 3.63) is 29.8 Å². The second-order valence-electron chi connectivity index (χ2n) is 7.19. The highest BCUT2D eigenvalue weighted by Crippen LogP contribution is 2.36. The van der Waals surface area contributed by atoms with Gasteiger partial charge in [0.2, 0.25) is 0 Å². The number of fused-ring (bicyclic) bond motifs is 2. The first-order valence-corrected chi connectivity index (χ1v) is 9.16. The average Bonchev–Trinajstić information content (AvgIpc) is 2.61. The fraction of sp³-hybridized carbons (Fsp3) is 0.632. The summed E-state index contributed by atoms with van der Waals surface area (Å²) < 4.78 is 5.45. The predicted molar refractivity (Wildman–Crippen MR) is 92.3 cm³/mol. The first kappa shape index (κ1) is 15.9. The molecule has 3 aliphatic rings. The molecule has 4 rings (SSSR count). The number of hydrogen-bond donors (Lipinski definition) is 1. The third-order valence-corrected chi connectivity index (χ3v) is 5.67. The standard InChI is InChI=1S/C19H26N2O3/c22-16-12-14-4-3-5-15(13-16)21(14)19(23)17-6-1-2-7-18(17)20-8-10-24-11-9-20/h1-2,6-7,14-16,22H,3-5,8-13H2/t14-,15+,16?. The summed E-state index contributed by atoms with van der Waals surface area (Å²) >= 11 is 0. The van der Waals surface area contributed by atoms with Gasteiger partial charge in [0.15, 0.2) is 0 Å². The second kappa shape index (κ2) is 6.73. The zero-order chi connectivity index (χ0) is 16.5. The molecular formula is C19H26N2O3. The fourth-order valence-corrected chi connectivity index (χ4v) is 4.56. The van der Waals surface area contributed by atoms with Crippen LogP contribution >= 0.6 is 0 Å². The molecule has 1 amide bonds. The van der Waals surface area contributed by atoms with Crippen LogP contribution in [0.2, 0.25) is 0 Å². The van der Waals surface area contributed by atoms with Gasteiger partial charge in [0.1, 0.15) is 0 Å². The van der Waals surface area contributed by atoms with Crippen LogP contribution in [0.1, 0.15) is 42.5 Å². The number of rotatable bonds is 2. The first-order valence-electron chi connectivity index (χ1n) is 9.16. The van der Waals surface area contributed by atoms with Crippen LogP contribution in [0.4, 0.5) is 5.69 Å². The van der Waals surface area contributed by atoms with Crippen molar-refractivity contribution in [3.8, 4) is 0 Å². The van der Waals surface area contributed by atoms with E-state index in [-0.39, 0.29) is 24.1 Å². The summed E-state index contributed by atoms with van der Waals surface area (Å²) in [4.78, 5) is 17.7. The summed E-state index contributed by atoms with van der Waals surface area (Å²) in [6.45, 7) is 3.08. The molecule has 3 fully saturated rings. The molecule has 0 spiro atoms. The molecule has 24 heavy (non-hydrogen) atoms. The SMILES string of the molecule is O=C(c1ccccc1N1CCOCC1)N1[C@@H]2CCC[C@H]1CC(O)C2. The number of anilines is 1. The van der Waals surface area contributed by atoms with E-state index in [9.17, 15) is 9.90 Å². The summed E-state index contributed by atoms with van der Waals surface area (Å²) in [6.07, 6.45) is 4.39. The molecule has 5 heteroatoms. The molecule has 5 nitrogen and oxygen atoms in total. The van der Waals surface area contributed by atoms with Gasteiger partial charge in [0.25, 0.3) is 5.91 Å². The Kier molecular flexibility index (Phi) is 4.46. The van der Waals surface area contributed by atoms with E-state index in [4.69, 9.17) is 4.74 Å². The zero-order valence-electron chi connectivity index (χ0n) is 14.1. The van der Waals surface area contributed by atoms with Crippen LogP contribution in [0, 0.1) is 0 Å². The second-order valence-corrected chi connectivity index (χ2v) is 7.19. The van der Waals surface area contributed by atoms with Crippen LogP contribution in [0.5, 0.6) is 0 Å². The van der Waals surface area contributed by atoms with Crippen LogP contribution < -0.4 is 4.90 Å². The Balaban J connectivity index is 1.62. The molecule has 1 aromatic carbocycles. The van der Waals surface area contributed by atoms with Crippen LogP contribution in [-0.2, 0) is 4.74 Å². The van der Waals surface area contributed by atoms with Gasteiger partial charge in [0, 0.05) is 30.9 Å². The Hall–Kier alpha value is -1.59. The summed E-state index contributed by atoms with van der Waals surface area (Å²) in [7, 11) is 0. The van der Waals surface area contributed by atoms with Crippen molar-refractivity contribution in [2.75, 3.05) is 31.2 Å². The molecule has 3 saturated heterocycles. The molecule has 3 atom stereocenters. The number of hydrogen-bond acceptors (Lipinski definition) is 4. The number of ether oxygens (including phenoxy) is 1. The Labute approximate surface area is 143 Å². The molecule has 0 saturated carbocycles. The lowest BCUT2D eigenvalue weighted by Crippen LogP contribution is -2.56. The van der Waals surface area contributed by atoms with Crippen molar-refractivity contribution in [1.29, 1.82) is 0 Å². The van der Waals surface area contributed by atoms with Crippen molar-refractivity contribution in [1.82, 2.24) is 4.90 Å². The van der Waals surface area contributed by atoms with Gasteiger partial charge >= 0.3 is 0 Å². The van der Waals surface area contributed by atoms with Crippen molar-refractivity contribution in [3.63, 3.8) is 0 Å². The highest BCUT2D eigenvalue weighted by molar-refractivity contribution is 6.00.